The molecule has 0 aromatic heterocycles. The Hall–Kier alpha value is -2.62. The number of nitrogens with zero attached hydrogens (tertiary/aromatic N) is 4. The zero-order valence-electron chi connectivity index (χ0n) is 20.5. The molecule has 0 radical (unpaired) electrons. The molecule has 4 aromatic carbocycles. The first-order chi connectivity index (χ1) is 17.6. The van der Waals surface area contributed by atoms with Gasteiger partial charge in [-0.3, -0.25) is 0 Å². The molecule has 1 aliphatic rings. The normalized spacial score (nSPS) is 21.1. The fraction of sp³-hybridized carbons (Fsp3) is 0.143. The number of anilines is 4. The fourth-order valence-corrected chi connectivity index (χ4v) is 20.2. The molecule has 4 aromatic rings. The van der Waals surface area contributed by atoms with Gasteiger partial charge in [-0.1, -0.05) is 72.8 Å². The van der Waals surface area contributed by atoms with Gasteiger partial charge in [0.1, 0.15) is 0 Å². The smallest absolute Gasteiger partial charge is 0.232 e. The second kappa shape index (κ2) is 10.4. The predicted octanol–water partition coefficient (Wildman–Crippen LogP) is 8.52. The van der Waals surface area contributed by atoms with Crippen molar-refractivity contribution >= 4 is 59.3 Å². The maximum atomic E-state index is 6.83. The van der Waals surface area contributed by atoms with Gasteiger partial charge >= 0.3 is 0 Å². The van der Waals surface area contributed by atoms with Gasteiger partial charge in [0.25, 0.3) is 0 Å². The van der Waals surface area contributed by atoms with Crippen LogP contribution in [0.2, 0.25) is 0 Å². The molecule has 0 amide bonds. The molecule has 8 heteroatoms. The summed E-state index contributed by atoms with van der Waals surface area (Å²) in [6, 6.07) is 42.1. The summed E-state index contributed by atoms with van der Waals surface area (Å²) in [6.07, 6.45) is 0. The van der Waals surface area contributed by atoms with Gasteiger partial charge in [-0.15, -0.1) is 0 Å². The van der Waals surface area contributed by atoms with Gasteiger partial charge in [0.2, 0.25) is 13.0 Å². The standard InChI is InChI=1S/C28H30N4P2S2/c1-3-29(25-17-9-5-10-18-25)33(35)31(27-21-13-7-14-22-27)34(36,32(33)28-23-15-8-16-24-28)30(4-2)26-19-11-6-12-20-26/h5-24H,3-4H2,1-2H3. The summed E-state index contributed by atoms with van der Waals surface area (Å²) in [5.74, 6) is 0. The molecular weight excluding hydrogens is 518 g/mol. The van der Waals surface area contributed by atoms with Crippen LogP contribution in [0.5, 0.6) is 0 Å². The van der Waals surface area contributed by atoms with Crippen LogP contribution < -0.4 is 18.2 Å². The summed E-state index contributed by atoms with van der Waals surface area (Å²) in [7, 11) is 0. The molecule has 4 nitrogen and oxygen atoms in total. The molecule has 36 heavy (non-hydrogen) atoms. The molecule has 1 fully saturated rings. The Labute approximate surface area is 225 Å². The SMILES string of the molecule is CCN(c1ccccc1)P1(=S)N(c2ccccc2)P(=S)(N(CC)c2ccccc2)N1c1ccccc1. The third kappa shape index (κ3) is 3.97. The van der Waals surface area contributed by atoms with Gasteiger partial charge in [0, 0.05) is 24.5 Å². The Morgan fingerprint density at radius 1 is 0.500 bits per heavy atom. The van der Waals surface area contributed by atoms with Gasteiger partial charge in [0.05, 0.1) is 11.4 Å². The molecule has 0 atom stereocenters. The van der Waals surface area contributed by atoms with Crippen LogP contribution >= 0.6 is 13.0 Å². The van der Waals surface area contributed by atoms with E-state index in [4.69, 9.17) is 23.6 Å². The number of hydrogen-bond acceptors (Lipinski definition) is 2. The van der Waals surface area contributed by atoms with E-state index in [1.54, 1.807) is 0 Å². The molecule has 0 spiro atoms. The molecule has 0 N–H and O–H groups in total. The average molecular weight is 549 g/mol. The van der Waals surface area contributed by atoms with E-state index in [1.165, 1.54) is 0 Å². The van der Waals surface area contributed by atoms with E-state index in [9.17, 15) is 0 Å². The Bertz CT molecular complexity index is 1260. The highest BCUT2D eigenvalue weighted by Gasteiger charge is 2.63. The van der Waals surface area contributed by atoms with E-state index < -0.39 is 13.0 Å². The average Bonchev–Trinajstić information content (AvgIpc) is 2.92. The Kier molecular flexibility index (Phi) is 7.23. The lowest BCUT2D eigenvalue weighted by Crippen LogP contribution is -2.54. The first-order valence-corrected chi connectivity index (χ1v) is 17.5. The molecule has 5 rings (SSSR count). The molecule has 0 aliphatic carbocycles. The lowest BCUT2D eigenvalue weighted by atomic mass is 10.3. The largest absolute Gasteiger partial charge is 0.312 e. The zero-order valence-corrected chi connectivity index (χ0v) is 23.9. The van der Waals surface area contributed by atoms with E-state index in [0.717, 1.165) is 35.8 Å². The zero-order chi connectivity index (χ0) is 25.2. The first-order valence-electron chi connectivity index (χ1n) is 12.1. The van der Waals surface area contributed by atoms with Gasteiger partial charge in [-0.25, -0.2) is 8.88 Å². The minimum atomic E-state index is -2.56. The Morgan fingerprint density at radius 3 is 1.06 bits per heavy atom. The summed E-state index contributed by atoms with van der Waals surface area (Å²) >= 11 is 13.7. The van der Waals surface area contributed by atoms with Crippen molar-refractivity contribution in [2.45, 2.75) is 13.8 Å². The van der Waals surface area contributed by atoms with Crippen LogP contribution in [0.25, 0.3) is 0 Å². The van der Waals surface area contributed by atoms with Crippen molar-refractivity contribution in [1.29, 1.82) is 0 Å². The summed E-state index contributed by atoms with van der Waals surface area (Å²) in [6.45, 7) is 0.804. The quantitative estimate of drug-likeness (QED) is 0.203. The van der Waals surface area contributed by atoms with Crippen LogP contribution in [0.15, 0.2) is 121 Å². The van der Waals surface area contributed by atoms with Crippen LogP contribution in [0, 0.1) is 0 Å². The molecule has 1 saturated heterocycles. The van der Waals surface area contributed by atoms with Gasteiger partial charge in [-0.05, 0) is 86.0 Å². The highest BCUT2D eigenvalue weighted by atomic mass is 32.5. The van der Waals surface area contributed by atoms with Crippen molar-refractivity contribution in [2.75, 3.05) is 31.3 Å². The van der Waals surface area contributed by atoms with Crippen molar-refractivity contribution < 1.29 is 0 Å². The van der Waals surface area contributed by atoms with E-state index >= 15 is 0 Å². The van der Waals surface area contributed by atoms with E-state index in [0.29, 0.717) is 0 Å². The Morgan fingerprint density at radius 2 is 0.778 bits per heavy atom. The second-order valence-corrected chi connectivity index (χ2v) is 16.6. The van der Waals surface area contributed by atoms with Gasteiger partial charge in [-0.2, -0.15) is 0 Å². The summed E-state index contributed by atoms with van der Waals surface area (Å²) in [4.78, 5) is 0. The predicted molar refractivity (Wildman–Crippen MR) is 165 cm³/mol. The van der Waals surface area contributed by atoms with Crippen molar-refractivity contribution in [1.82, 2.24) is 0 Å². The third-order valence-corrected chi connectivity index (χ3v) is 19.1. The first kappa shape index (κ1) is 25.0. The molecule has 0 unspecified atom stereocenters. The third-order valence-electron chi connectivity index (χ3n) is 6.30. The number of rotatable bonds is 8. The molecular formula is C28H30N4P2S2. The maximum Gasteiger partial charge on any atom is 0.232 e. The lowest BCUT2D eigenvalue weighted by molar-refractivity contribution is 1.05. The fourth-order valence-electron chi connectivity index (χ4n) is 4.80. The highest BCUT2D eigenvalue weighted by molar-refractivity contribution is 8.37. The number of benzene rings is 4. The molecule has 0 saturated carbocycles. The highest BCUT2D eigenvalue weighted by Crippen LogP contribution is 2.89. The van der Waals surface area contributed by atoms with Crippen LogP contribution in [0.3, 0.4) is 0 Å². The number of hydrogen-bond donors (Lipinski definition) is 0. The van der Waals surface area contributed by atoms with Gasteiger partial charge in [0.15, 0.2) is 0 Å². The maximum absolute atomic E-state index is 6.83. The molecule has 0 bridgehead atoms. The van der Waals surface area contributed by atoms with E-state index in [2.05, 4.69) is 153 Å². The topological polar surface area (TPSA) is 13.0 Å². The van der Waals surface area contributed by atoms with Crippen molar-refractivity contribution in [3.8, 4) is 0 Å². The van der Waals surface area contributed by atoms with E-state index in [-0.39, 0.29) is 0 Å². The van der Waals surface area contributed by atoms with Crippen LogP contribution in [0.4, 0.5) is 22.7 Å². The minimum Gasteiger partial charge on any atom is -0.312 e. The summed E-state index contributed by atoms with van der Waals surface area (Å²) < 4.78 is 9.66. The molecule has 1 heterocycles. The molecule has 1 aliphatic heterocycles. The summed E-state index contributed by atoms with van der Waals surface area (Å²) in [5.41, 5.74) is 4.41. The minimum absolute atomic E-state index is 0.779. The van der Waals surface area contributed by atoms with Crippen LogP contribution in [-0.2, 0) is 23.6 Å². The van der Waals surface area contributed by atoms with Crippen molar-refractivity contribution in [2.24, 2.45) is 0 Å². The van der Waals surface area contributed by atoms with E-state index in [1.807, 2.05) is 0 Å². The molecule has 184 valence electrons. The monoisotopic (exact) mass is 548 g/mol. The lowest BCUT2D eigenvalue weighted by Gasteiger charge is -2.67. The Balaban J connectivity index is 1.79. The van der Waals surface area contributed by atoms with Crippen molar-refractivity contribution in [3.05, 3.63) is 121 Å². The summed E-state index contributed by atoms with van der Waals surface area (Å²) in [5, 5.41) is 0. The number of para-hydroxylation sites is 4. The van der Waals surface area contributed by atoms with Crippen LogP contribution in [0.1, 0.15) is 13.8 Å². The van der Waals surface area contributed by atoms with Crippen molar-refractivity contribution in [3.63, 3.8) is 0 Å². The second-order valence-electron chi connectivity index (χ2n) is 8.38. The van der Waals surface area contributed by atoms with Crippen LogP contribution in [-0.4, -0.2) is 13.1 Å². The van der Waals surface area contributed by atoms with Gasteiger partial charge < -0.3 is 9.34 Å².